The fourth-order valence-corrected chi connectivity index (χ4v) is 2.32. The lowest BCUT2D eigenvalue weighted by molar-refractivity contribution is 0.867. The molecular formula is C17H18N2O. The van der Waals surface area contributed by atoms with E-state index in [1.807, 2.05) is 32.0 Å². The number of nitriles is 1. The highest BCUT2D eigenvalue weighted by Crippen LogP contribution is 2.28. The average Bonchev–Trinajstić information content (AvgIpc) is 2.42. The molecule has 0 aliphatic heterocycles. The number of nitrogens with one attached hydrogen (secondary N) is 1. The van der Waals surface area contributed by atoms with Gasteiger partial charge in [-0.3, -0.25) is 4.79 Å². The van der Waals surface area contributed by atoms with Crippen LogP contribution >= 0.6 is 0 Å². The number of aromatic amines is 1. The van der Waals surface area contributed by atoms with Gasteiger partial charge >= 0.3 is 0 Å². The SMILES string of the molecule is Cc1[nH]c(=O)c(C#N)c(-c2ccc(C(C)C)cc2)c1C. The van der Waals surface area contributed by atoms with Gasteiger partial charge in [-0.2, -0.15) is 5.26 Å². The highest BCUT2D eigenvalue weighted by molar-refractivity contribution is 5.74. The van der Waals surface area contributed by atoms with E-state index < -0.39 is 0 Å². The standard InChI is InChI=1S/C17H18N2O/c1-10(2)13-5-7-14(8-6-13)16-11(3)12(4)19-17(20)15(16)9-18/h5-8,10H,1-4H3,(H,19,20). The molecule has 0 aliphatic rings. The average molecular weight is 266 g/mol. The van der Waals surface area contributed by atoms with Gasteiger partial charge in [0.05, 0.1) is 0 Å². The van der Waals surface area contributed by atoms with Gasteiger partial charge in [-0.15, -0.1) is 0 Å². The minimum absolute atomic E-state index is 0.186. The van der Waals surface area contributed by atoms with Crippen molar-refractivity contribution in [2.75, 3.05) is 0 Å². The minimum Gasteiger partial charge on any atom is -0.325 e. The van der Waals surface area contributed by atoms with E-state index in [0.717, 1.165) is 22.4 Å². The summed E-state index contributed by atoms with van der Waals surface area (Å²) in [5, 5.41) is 9.25. The summed E-state index contributed by atoms with van der Waals surface area (Å²) in [5.74, 6) is 0.460. The van der Waals surface area contributed by atoms with E-state index in [1.165, 1.54) is 5.56 Å². The van der Waals surface area contributed by atoms with Gasteiger partial charge < -0.3 is 4.98 Å². The molecule has 0 atom stereocenters. The normalized spacial score (nSPS) is 10.6. The quantitative estimate of drug-likeness (QED) is 0.902. The van der Waals surface area contributed by atoms with Crippen molar-refractivity contribution in [3.05, 3.63) is 57.0 Å². The van der Waals surface area contributed by atoms with Gasteiger partial charge in [0.15, 0.2) is 0 Å². The molecule has 1 heterocycles. The maximum atomic E-state index is 11.9. The van der Waals surface area contributed by atoms with Crippen molar-refractivity contribution >= 4 is 0 Å². The first-order valence-corrected chi connectivity index (χ1v) is 6.69. The monoisotopic (exact) mass is 266 g/mol. The van der Waals surface area contributed by atoms with E-state index in [2.05, 4.69) is 31.0 Å². The molecule has 0 unspecified atom stereocenters. The van der Waals surface area contributed by atoms with E-state index in [0.29, 0.717) is 5.92 Å². The van der Waals surface area contributed by atoms with E-state index in [-0.39, 0.29) is 11.1 Å². The molecule has 3 heteroatoms. The molecule has 1 N–H and O–H groups in total. The summed E-state index contributed by atoms with van der Waals surface area (Å²) in [6.45, 7) is 8.05. The first-order chi connectivity index (χ1) is 9.45. The Morgan fingerprint density at radius 3 is 2.25 bits per heavy atom. The molecule has 0 aliphatic carbocycles. The smallest absolute Gasteiger partial charge is 0.266 e. The van der Waals surface area contributed by atoms with Gasteiger partial charge in [0.25, 0.3) is 5.56 Å². The Balaban J connectivity index is 2.69. The first kappa shape index (κ1) is 14.1. The van der Waals surface area contributed by atoms with Crippen LogP contribution in [-0.4, -0.2) is 4.98 Å². The number of aryl methyl sites for hydroxylation is 1. The van der Waals surface area contributed by atoms with E-state index >= 15 is 0 Å². The second-order valence-corrected chi connectivity index (χ2v) is 5.34. The van der Waals surface area contributed by atoms with Crippen molar-refractivity contribution in [3.63, 3.8) is 0 Å². The molecule has 0 spiro atoms. The van der Waals surface area contributed by atoms with Gasteiger partial charge in [-0.05, 0) is 36.5 Å². The predicted molar refractivity (Wildman–Crippen MR) is 80.8 cm³/mol. The van der Waals surface area contributed by atoms with Gasteiger partial charge in [0.1, 0.15) is 11.6 Å². The largest absolute Gasteiger partial charge is 0.325 e. The van der Waals surface area contributed by atoms with E-state index in [4.69, 9.17) is 0 Å². The number of nitrogens with zero attached hydrogens (tertiary/aromatic N) is 1. The van der Waals surface area contributed by atoms with Crippen LogP contribution in [0.2, 0.25) is 0 Å². The Kier molecular flexibility index (Phi) is 3.76. The number of rotatable bonds is 2. The summed E-state index contributed by atoms with van der Waals surface area (Å²) in [4.78, 5) is 14.6. The van der Waals surface area contributed by atoms with Crippen molar-refractivity contribution in [1.82, 2.24) is 4.98 Å². The molecule has 1 aromatic heterocycles. The van der Waals surface area contributed by atoms with Crippen molar-refractivity contribution in [2.24, 2.45) is 0 Å². The molecule has 102 valence electrons. The van der Waals surface area contributed by atoms with Gasteiger partial charge in [-0.25, -0.2) is 0 Å². The van der Waals surface area contributed by atoms with Crippen LogP contribution < -0.4 is 5.56 Å². The maximum absolute atomic E-state index is 11.9. The molecule has 1 aromatic carbocycles. The van der Waals surface area contributed by atoms with Crippen LogP contribution in [0.5, 0.6) is 0 Å². The topological polar surface area (TPSA) is 56.6 Å². The third-order valence-corrected chi connectivity index (χ3v) is 3.69. The number of benzene rings is 1. The Hall–Kier alpha value is -2.34. The molecule has 2 aromatic rings. The van der Waals surface area contributed by atoms with Crippen LogP contribution in [0.15, 0.2) is 29.1 Å². The molecule has 0 bridgehead atoms. The summed E-state index contributed by atoms with van der Waals surface area (Å²) in [7, 11) is 0. The number of H-pyrrole nitrogens is 1. The second-order valence-electron chi connectivity index (χ2n) is 5.34. The zero-order valence-corrected chi connectivity index (χ0v) is 12.2. The van der Waals surface area contributed by atoms with Crippen molar-refractivity contribution < 1.29 is 0 Å². The summed E-state index contributed by atoms with van der Waals surface area (Å²) >= 11 is 0. The lowest BCUT2D eigenvalue weighted by atomic mass is 9.93. The van der Waals surface area contributed by atoms with Gasteiger partial charge in [-0.1, -0.05) is 38.1 Å². The third-order valence-electron chi connectivity index (χ3n) is 3.69. The van der Waals surface area contributed by atoms with Crippen molar-refractivity contribution in [3.8, 4) is 17.2 Å². The van der Waals surface area contributed by atoms with Crippen LogP contribution in [0.4, 0.5) is 0 Å². The third kappa shape index (κ3) is 2.37. The molecule has 0 fully saturated rings. The van der Waals surface area contributed by atoms with Gasteiger partial charge in [0, 0.05) is 11.3 Å². The first-order valence-electron chi connectivity index (χ1n) is 6.69. The number of pyridine rings is 1. The summed E-state index contributed by atoms with van der Waals surface area (Å²) < 4.78 is 0. The highest BCUT2D eigenvalue weighted by Gasteiger charge is 2.14. The molecule has 20 heavy (non-hydrogen) atoms. The fraction of sp³-hybridized carbons (Fsp3) is 0.294. The van der Waals surface area contributed by atoms with Crippen LogP contribution in [-0.2, 0) is 0 Å². The summed E-state index contributed by atoms with van der Waals surface area (Å²) in [5.41, 5.74) is 4.51. The molecule has 2 rings (SSSR count). The zero-order chi connectivity index (χ0) is 14.9. The Labute approximate surface area is 118 Å². The number of hydrogen-bond donors (Lipinski definition) is 1. The minimum atomic E-state index is -0.321. The Bertz CT molecular complexity index is 731. The molecule has 0 saturated heterocycles. The van der Waals surface area contributed by atoms with E-state index in [1.54, 1.807) is 0 Å². The molecule has 3 nitrogen and oxygen atoms in total. The molecular weight excluding hydrogens is 248 g/mol. The van der Waals surface area contributed by atoms with Crippen LogP contribution in [0.25, 0.3) is 11.1 Å². The second kappa shape index (κ2) is 5.34. The molecule has 0 saturated carbocycles. The molecule has 0 amide bonds. The van der Waals surface area contributed by atoms with E-state index in [9.17, 15) is 10.1 Å². The lowest BCUT2D eigenvalue weighted by Crippen LogP contribution is -2.15. The predicted octanol–water partition coefficient (Wildman–Crippen LogP) is 3.65. The summed E-state index contributed by atoms with van der Waals surface area (Å²) in [6.07, 6.45) is 0. The van der Waals surface area contributed by atoms with Crippen molar-refractivity contribution in [1.29, 1.82) is 5.26 Å². The number of hydrogen-bond acceptors (Lipinski definition) is 2. The zero-order valence-electron chi connectivity index (χ0n) is 12.2. The summed E-state index contributed by atoms with van der Waals surface area (Å²) in [6, 6.07) is 10.1. The van der Waals surface area contributed by atoms with Crippen LogP contribution in [0.3, 0.4) is 0 Å². The maximum Gasteiger partial charge on any atom is 0.266 e. The Morgan fingerprint density at radius 1 is 1.15 bits per heavy atom. The van der Waals surface area contributed by atoms with Crippen LogP contribution in [0, 0.1) is 25.2 Å². The fourth-order valence-electron chi connectivity index (χ4n) is 2.32. The highest BCUT2D eigenvalue weighted by atomic mass is 16.1. The van der Waals surface area contributed by atoms with Crippen LogP contribution in [0.1, 0.15) is 42.1 Å². The van der Waals surface area contributed by atoms with Crippen molar-refractivity contribution in [2.45, 2.75) is 33.6 Å². The Morgan fingerprint density at radius 2 is 1.75 bits per heavy atom. The number of aromatic nitrogens is 1. The lowest BCUT2D eigenvalue weighted by Gasteiger charge is -2.12. The molecule has 0 radical (unpaired) electrons. The van der Waals surface area contributed by atoms with Gasteiger partial charge in [0.2, 0.25) is 0 Å².